The van der Waals surface area contributed by atoms with Crippen molar-refractivity contribution in [1.29, 1.82) is 0 Å². The lowest BCUT2D eigenvalue weighted by Crippen LogP contribution is -2.24. The number of para-hydroxylation sites is 1. The maximum absolute atomic E-state index is 12.3. The maximum Gasteiger partial charge on any atom is 0.252 e. The molecule has 2 rings (SSSR count). The SMILES string of the molecule is COc1ccc(S(=O)(=O)NCC#CCOc2ccccc2C(N)=O)cc1OC. The third kappa shape index (κ3) is 5.39. The molecule has 0 aliphatic rings. The average Bonchev–Trinajstić information content (AvgIpc) is 2.70. The Morgan fingerprint density at radius 3 is 2.43 bits per heavy atom. The fourth-order valence-corrected chi connectivity index (χ4v) is 3.16. The van der Waals surface area contributed by atoms with Gasteiger partial charge in [-0.1, -0.05) is 24.0 Å². The van der Waals surface area contributed by atoms with Crippen LogP contribution in [-0.2, 0) is 10.0 Å². The molecule has 0 aromatic heterocycles. The lowest BCUT2D eigenvalue weighted by molar-refractivity contribution is 0.0997. The first-order chi connectivity index (χ1) is 13.4. The minimum Gasteiger partial charge on any atom is -0.493 e. The lowest BCUT2D eigenvalue weighted by atomic mass is 10.2. The molecule has 0 aliphatic heterocycles. The molecule has 0 saturated carbocycles. The zero-order valence-corrected chi connectivity index (χ0v) is 16.2. The molecular weight excluding hydrogens is 384 g/mol. The van der Waals surface area contributed by atoms with E-state index in [1.54, 1.807) is 24.3 Å². The molecule has 0 aliphatic carbocycles. The second-order valence-corrected chi connectivity index (χ2v) is 7.11. The number of benzene rings is 2. The number of methoxy groups -OCH3 is 2. The van der Waals surface area contributed by atoms with Gasteiger partial charge in [0, 0.05) is 6.07 Å². The second-order valence-electron chi connectivity index (χ2n) is 5.34. The molecule has 2 aromatic rings. The van der Waals surface area contributed by atoms with Gasteiger partial charge in [0.05, 0.1) is 31.2 Å². The van der Waals surface area contributed by atoms with E-state index in [2.05, 4.69) is 16.6 Å². The van der Waals surface area contributed by atoms with Crippen LogP contribution in [0.25, 0.3) is 0 Å². The van der Waals surface area contributed by atoms with E-state index >= 15 is 0 Å². The molecule has 2 aromatic carbocycles. The fraction of sp³-hybridized carbons (Fsp3) is 0.211. The van der Waals surface area contributed by atoms with E-state index in [4.69, 9.17) is 19.9 Å². The minimum absolute atomic E-state index is 0.0254. The fourth-order valence-electron chi connectivity index (χ4n) is 2.22. The number of ether oxygens (including phenoxy) is 3. The number of nitrogens with one attached hydrogen (secondary N) is 1. The van der Waals surface area contributed by atoms with Gasteiger partial charge in [-0.15, -0.1) is 0 Å². The standard InChI is InChI=1S/C19H20N2O6S/c1-25-17-10-9-14(13-18(17)26-2)28(23,24)21-11-5-6-12-27-16-8-4-3-7-15(16)19(20)22/h3-4,7-10,13,21H,11-12H2,1-2H3,(H2,20,22). The second kappa shape index (κ2) is 9.64. The first kappa shape index (κ1) is 21.1. The normalized spacial score (nSPS) is 10.5. The Morgan fingerprint density at radius 2 is 1.75 bits per heavy atom. The van der Waals surface area contributed by atoms with Crippen LogP contribution in [0, 0.1) is 11.8 Å². The monoisotopic (exact) mass is 404 g/mol. The Bertz CT molecular complexity index is 1010. The van der Waals surface area contributed by atoms with Gasteiger partial charge in [-0.3, -0.25) is 4.79 Å². The van der Waals surface area contributed by atoms with Gasteiger partial charge in [0.25, 0.3) is 5.91 Å². The van der Waals surface area contributed by atoms with Crippen molar-refractivity contribution in [3.8, 4) is 29.1 Å². The molecule has 0 saturated heterocycles. The molecule has 148 valence electrons. The molecule has 8 nitrogen and oxygen atoms in total. The van der Waals surface area contributed by atoms with Crippen molar-refractivity contribution < 1.29 is 27.4 Å². The van der Waals surface area contributed by atoms with Crippen molar-refractivity contribution >= 4 is 15.9 Å². The summed E-state index contributed by atoms with van der Waals surface area (Å²) in [6.45, 7) is -0.139. The van der Waals surface area contributed by atoms with E-state index < -0.39 is 15.9 Å². The molecule has 0 radical (unpaired) electrons. The van der Waals surface area contributed by atoms with Gasteiger partial charge in [-0.25, -0.2) is 8.42 Å². The summed E-state index contributed by atoms with van der Waals surface area (Å²) in [6.07, 6.45) is 0. The predicted molar refractivity (Wildman–Crippen MR) is 103 cm³/mol. The van der Waals surface area contributed by atoms with Gasteiger partial charge < -0.3 is 19.9 Å². The molecule has 0 spiro atoms. The van der Waals surface area contributed by atoms with E-state index in [9.17, 15) is 13.2 Å². The van der Waals surface area contributed by atoms with Crippen molar-refractivity contribution in [1.82, 2.24) is 4.72 Å². The van der Waals surface area contributed by atoms with Crippen molar-refractivity contribution in [2.24, 2.45) is 5.73 Å². The quantitative estimate of drug-likeness (QED) is 0.638. The summed E-state index contributed by atoms with van der Waals surface area (Å²) >= 11 is 0. The van der Waals surface area contributed by atoms with Crippen LogP contribution in [0.2, 0.25) is 0 Å². The van der Waals surface area contributed by atoms with Crippen LogP contribution in [0.4, 0.5) is 0 Å². The average molecular weight is 404 g/mol. The number of nitrogens with two attached hydrogens (primary N) is 1. The smallest absolute Gasteiger partial charge is 0.252 e. The number of carbonyl (C=O) groups excluding carboxylic acids is 1. The maximum atomic E-state index is 12.3. The minimum atomic E-state index is -3.77. The highest BCUT2D eigenvalue weighted by Crippen LogP contribution is 2.29. The lowest BCUT2D eigenvalue weighted by Gasteiger charge is -2.10. The number of sulfonamides is 1. The summed E-state index contributed by atoms with van der Waals surface area (Å²) in [5.41, 5.74) is 5.51. The zero-order chi connectivity index (χ0) is 20.6. The van der Waals surface area contributed by atoms with Crippen LogP contribution in [0.3, 0.4) is 0 Å². The van der Waals surface area contributed by atoms with Gasteiger partial charge in [0.1, 0.15) is 12.4 Å². The summed E-state index contributed by atoms with van der Waals surface area (Å²) in [5.74, 6) is 5.75. The zero-order valence-electron chi connectivity index (χ0n) is 15.4. The summed E-state index contributed by atoms with van der Waals surface area (Å²) < 4.78 is 42.6. The van der Waals surface area contributed by atoms with Crippen LogP contribution in [0.5, 0.6) is 17.2 Å². The largest absolute Gasteiger partial charge is 0.493 e. The van der Waals surface area contributed by atoms with E-state index in [1.807, 2.05) is 0 Å². The van der Waals surface area contributed by atoms with E-state index in [-0.39, 0.29) is 23.6 Å². The third-order valence-electron chi connectivity index (χ3n) is 3.59. The molecule has 0 unspecified atom stereocenters. The molecule has 1 amide bonds. The first-order valence-electron chi connectivity index (χ1n) is 8.08. The van der Waals surface area contributed by atoms with Crippen molar-refractivity contribution in [3.05, 3.63) is 48.0 Å². The topological polar surface area (TPSA) is 117 Å². The number of primary amides is 1. The van der Waals surface area contributed by atoms with E-state index in [1.165, 1.54) is 32.4 Å². The molecular formula is C19H20N2O6S. The first-order valence-corrected chi connectivity index (χ1v) is 9.56. The van der Waals surface area contributed by atoms with Crippen LogP contribution < -0.4 is 24.7 Å². The number of hydrogen-bond donors (Lipinski definition) is 2. The number of carbonyl (C=O) groups is 1. The molecule has 3 N–H and O–H groups in total. The van der Waals surface area contributed by atoms with Gasteiger partial charge in [-0.2, -0.15) is 4.72 Å². The number of amides is 1. The third-order valence-corrected chi connectivity index (χ3v) is 4.99. The van der Waals surface area contributed by atoms with Crippen LogP contribution >= 0.6 is 0 Å². The van der Waals surface area contributed by atoms with Gasteiger partial charge in [-0.05, 0) is 24.3 Å². The van der Waals surface area contributed by atoms with Gasteiger partial charge in [0.2, 0.25) is 10.0 Å². The Hall–Kier alpha value is -3.22. The van der Waals surface area contributed by atoms with Crippen molar-refractivity contribution in [2.45, 2.75) is 4.90 Å². The predicted octanol–water partition coefficient (Wildman–Crippen LogP) is 1.16. The van der Waals surface area contributed by atoms with Gasteiger partial charge in [0.15, 0.2) is 11.5 Å². The molecule has 0 fully saturated rings. The highest BCUT2D eigenvalue weighted by molar-refractivity contribution is 7.89. The summed E-state index contributed by atoms with van der Waals surface area (Å²) in [6, 6.07) is 10.8. The molecule has 0 atom stereocenters. The van der Waals surface area contributed by atoms with Crippen LogP contribution in [-0.4, -0.2) is 41.7 Å². The molecule has 0 bridgehead atoms. The van der Waals surface area contributed by atoms with Crippen molar-refractivity contribution in [2.75, 3.05) is 27.4 Å². The summed E-state index contributed by atoms with van der Waals surface area (Å²) in [4.78, 5) is 11.3. The van der Waals surface area contributed by atoms with Crippen LogP contribution in [0.1, 0.15) is 10.4 Å². The van der Waals surface area contributed by atoms with E-state index in [0.717, 1.165) is 0 Å². The summed E-state index contributed by atoms with van der Waals surface area (Å²) in [5, 5.41) is 0. The highest BCUT2D eigenvalue weighted by atomic mass is 32.2. The highest BCUT2D eigenvalue weighted by Gasteiger charge is 2.16. The van der Waals surface area contributed by atoms with E-state index in [0.29, 0.717) is 17.2 Å². The molecule has 9 heteroatoms. The number of rotatable bonds is 8. The number of hydrogen-bond acceptors (Lipinski definition) is 6. The Morgan fingerprint density at radius 1 is 1.04 bits per heavy atom. The molecule has 28 heavy (non-hydrogen) atoms. The van der Waals surface area contributed by atoms with Gasteiger partial charge >= 0.3 is 0 Å². The van der Waals surface area contributed by atoms with Crippen LogP contribution in [0.15, 0.2) is 47.4 Å². The summed E-state index contributed by atoms with van der Waals surface area (Å²) in [7, 11) is -0.883. The Kier molecular flexibility index (Phi) is 7.26. The Labute approximate surface area is 163 Å². The van der Waals surface area contributed by atoms with Crippen molar-refractivity contribution in [3.63, 3.8) is 0 Å². The molecule has 0 heterocycles. The Balaban J connectivity index is 1.94.